The summed E-state index contributed by atoms with van der Waals surface area (Å²) in [4.78, 5) is 13.9. The number of hydrogen-bond donors (Lipinski definition) is 0. The molecule has 2 rings (SSSR count). The first-order chi connectivity index (χ1) is 11.0. The summed E-state index contributed by atoms with van der Waals surface area (Å²) >= 11 is 3.47. The van der Waals surface area contributed by atoms with Gasteiger partial charge in [0.15, 0.2) is 6.61 Å². The van der Waals surface area contributed by atoms with Crippen LogP contribution >= 0.6 is 15.9 Å². The summed E-state index contributed by atoms with van der Waals surface area (Å²) in [5, 5.41) is 0. The van der Waals surface area contributed by atoms with Crippen molar-refractivity contribution in [2.24, 2.45) is 0 Å². The van der Waals surface area contributed by atoms with E-state index in [0.717, 1.165) is 21.3 Å². The largest absolute Gasteiger partial charge is 0.483 e. The molecule has 4 heteroatoms. The summed E-state index contributed by atoms with van der Waals surface area (Å²) in [6.07, 6.45) is 0. The highest BCUT2D eigenvalue weighted by Gasteiger charge is 2.13. The fourth-order valence-corrected chi connectivity index (χ4v) is 2.68. The Hall–Kier alpha value is -1.81. The van der Waals surface area contributed by atoms with E-state index in [2.05, 4.69) is 29.8 Å². The molecular formula is C19H22BrNO2. The van der Waals surface area contributed by atoms with Gasteiger partial charge >= 0.3 is 0 Å². The van der Waals surface area contributed by atoms with Crippen molar-refractivity contribution in [2.75, 3.05) is 13.7 Å². The topological polar surface area (TPSA) is 29.5 Å². The molecule has 0 aliphatic carbocycles. The molecule has 0 bridgehead atoms. The lowest BCUT2D eigenvalue weighted by Gasteiger charge is -2.19. The zero-order valence-corrected chi connectivity index (χ0v) is 15.3. The van der Waals surface area contributed by atoms with E-state index in [-0.39, 0.29) is 12.5 Å². The third kappa shape index (κ3) is 5.10. The molecule has 1 amide bonds. The Labute approximate surface area is 146 Å². The second-order valence-corrected chi connectivity index (χ2v) is 6.78. The maximum atomic E-state index is 12.3. The number of halogens is 1. The number of hydrogen-bond acceptors (Lipinski definition) is 2. The molecule has 0 aliphatic rings. The Morgan fingerprint density at radius 1 is 1.17 bits per heavy atom. The average Bonchev–Trinajstić information content (AvgIpc) is 2.54. The van der Waals surface area contributed by atoms with Crippen LogP contribution in [0.3, 0.4) is 0 Å². The number of nitrogens with zero attached hydrogens (tertiary/aromatic N) is 1. The number of ether oxygens (including phenoxy) is 1. The van der Waals surface area contributed by atoms with Gasteiger partial charge in [0.05, 0.1) is 0 Å². The minimum atomic E-state index is -0.0357. The quantitative estimate of drug-likeness (QED) is 0.737. The summed E-state index contributed by atoms with van der Waals surface area (Å²) in [6.45, 7) is 4.85. The summed E-state index contributed by atoms with van der Waals surface area (Å²) in [5.41, 5.74) is 2.20. The van der Waals surface area contributed by atoms with Crippen LogP contribution in [0.2, 0.25) is 0 Å². The molecule has 0 saturated heterocycles. The van der Waals surface area contributed by atoms with Crippen LogP contribution in [0.15, 0.2) is 53.0 Å². The Balaban J connectivity index is 1.96. The van der Waals surface area contributed by atoms with Gasteiger partial charge in [0.25, 0.3) is 5.91 Å². The first-order valence-electron chi connectivity index (χ1n) is 7.67. The molecule has 0 N–H and O–H groups in total. The van der Waals surface area contributed by atoms with Gasteiger partial charge in [-0.15, -0.1) is 0 Å². The van der Waals surface area contributed by atoms with Gasteiger partial charge in [0.2, 0.25) is 0 Å². The minimum absolute atomic E-state index is 0.0357. The summed E-state index contributed by atoms with van der Waals surface area (Å²) in [7, 11) is 1.80. The molecule has 0 radical (unpaired) electrons. The van der Waals surface area contributed by atoms with Crippen molar-refractivity contribution in [1.82, 2.24) is 4.90 Å². The van der Waals surface area contributed by atoms with Crippen molar-refractivity contribution in [3.63, 3.8) is 0 Å². The predicted octanol–water partition coefficient (Wildman–Crippen LogP) is 4.61. The Kier molecular flexibility index (Phi) is 6.22. The highest BCUT2D eigenvalue weighted by molar-refractivity contribution is 9.10. The van der Waals surface area contributed by atoms with Crippen molar-refractivity contribution in [1.29, 1.82) is 0 Å². The zero-order chi connectivity index (χ0) is 16.8. The molecule has 3 nitrogen and oxygen atoms in total. The molecular weight excluding hydrogens is 354 g/mol. The maximum absolute atomic E-state index is 12.3. The van der Waals surface area contributed by atoms with Crippen LogP contribution < -0.4 is 4.74 Å². The SMILES string of the molecule is CC(C)c1cc(Br)ccc1OCC(=O)N(C)Cc1ccccc1. The number of carbonyl (C=O) groups is 1. The highest BCUT2D eigenvalue weighted by atomic mass is 79.9. The van der Waals surface area contributed by atoms with Crippen molar-refractivity contribution in [3.8, 4) is 5.75 Å². The van der Waals surface area contributed by atoms with E-state index in [0.29, 0.717) is 12.5 Å². The maximum Gasteiger partial charge on any atom is 0.260 e. The van der Waals surface area contributed by atoms with Crippen molar-refractivity contribution in [3.05, 3.63) is 64.1 Å². The van der Waals surface area contributed by atoms with E-state index >= 15 is 0 Å². The molecule has 2 aromatic rings. The molecule has 23 heavy (non-hydrogen) atoms. The summed E-state index contributed by atoms with van der Waals surface area (Å²) < 4.78 is 6.78. The molecule has 0 aliphatic heterocycles. The lowest BCUT2D eigenvalue weighted by atomic mass is 10.0. The van der Waals surface area contributed by atoms with E-state index in [1.165, 1.54) is 0 Å². The van der Waals surface area contributed by atoms with Crippen molar-refractivity contribution < 1.29 is 9.53 Å². The fraction of sp³-hybridized carbons (Fsp3) is 0.316. The van der Waals surface area contributed by atoms with Gasteiger partial charge < -0.3 is 9.64 Å². The van der Waals surface area contributed by atoms with Crippen LogP contribution in [0.5, 0.6) is 5.75 Å². The Morgan fingerprint density at radius 3 is 2.52 bits per heavy atom. The van der Waals surface area contributed by atoms with Gasteiger partial charge in [0.1, 0.15) is 5.75 Å². The second kappa shape index (κ2) is 8.16. The van der Waals surface area contributed by atoms with E-state index < -0.39 is 0 Å². The molecule has 0 atom stereocenters. The molecule has 0 unspecified atom stereocenters. The van der Waals surface area contributed by atoms with Gasteiger partial charge in [0, 0.05) is 18.1 Å². The molecule has 122 valence electrons. The third-order valence-electron chi connectivity index (χ3n) is 3.63. The fourth-order valence-electron chi connectivity index (χ4n) is 2.30. The summed E-state index contributed by atoms with van der Waals surface area (Å²) in [6, 6.07) is 15.8. The van der Waals surface area contributed by atoms with Crippen LogP contribution in [0.25, 0.3) is 0 Å². The van der Waals surface area contributed by atoms with E-state index in [1.807, 2.05) is 48.5 Å². The first kappa shape index (κ1) is 17.5. The first-order valence-corrected chi connectivity index (χ1v) is 8.47. The Morgan fingerprint density at radius 2 is 1.87 bits per heavy atom. The lowest BCUT2D eigenvalue weighted by molar-refractivity contribution is -0.132. The van der Waals surface area contributed by atoms with Crippen LogP contribution in [0, 0.1) is 0 Å². The van der Waals surface area contributed by atoms with Crippen LogP contribution in [0.1, 0.15) is 30.9 Å². The predicted molar refractivity (Wildman–Crippen MR) is 96.6 cm³/mol. The zero-order valence-electron chi connectivity index (χ0n) is 13.8. The van der Waals surface area contributed by atoms with Gasteiger partial charge in [-0.3, -0.25) is 4.79 Å². The van der Waals surface area contributed by atoms with E-state index in [1.54, 1.807) is 11.9 Å². The number of benzene rings is 2. The summed E-state index contributed by atoms with van der Waals surface area (Å²) in [5.74, 6) is 1.07. The normalized spacial score (nSPS) is 10.7. The van der Waals surface area contributed by atoms with Gasteiger partial charge in [-0.1, -0.05) is 60.1 Å². The standard InChI is InChI=1S/C19H22BrNO2/c1-14(2)17-11-16(20)9-10-18(17)23-13-19(22)21(3)12-15-7-5-4-6-8-15/h4-11,14H,12-13H2,1-3H3. The molecule has 0 aromatic heterocycles. The van der Waals surface area contributed by atoms with Crippen LogP contribution in [-0.2, 0) is 11.3 Å². The Bertz CT molecular complexity index is 656. The molecule has 0 fully saturated rings. The molecule has 0 heterocycles. The number of amides is 1. The van der Waals surface area contributed by atoms with Crippen molar-refractivity contribution in [2.45, 2.75) is 26.3 Å². The minimum Gasteiger partial charge on any atom is -0.483 e. The smallest absolute Gasteiger partial charge is 0.260 e. The number of rotatable bonds is 6. The molecule has 2 aromatic carbocycles. The van der Waals surface area contributed by atoms with Crippen LogP contribution in [-0.4, -0.2) is 24.5 Å². The van der Waals surface area contributed by atoms with Crippen molar-refractivity contribution >= 4 is 21.8 Å². The number of carbonyl (C=O) groups excluding carboxylic acids is 1. The monoisotopic (exact) mass is 375 g/mol. The average molecular weight is 376 g/mol. The molecule has 0 spiro atoms. The van der Waals surface area contributed by atoms with E-state index in [4.69, 9.17) is 4.74 Å². The highest BCUT2D eigenvalue weighted by Crippen LogP contribution is 2.29. The molecule has 0 saturated carbocycles. The van der Waals surface area contributed by atoms with Gasteiger partial charge in [-0.05, 0) is 35.2 Å². The van der Waals surface area contributed by atoms with Gasteiger partial charge in [-0.2, -0.15) is 0 Å². The third-order valence-corrected chi connectivity index (χ3v) is 4.13. The van der Waals surface area contributed by atoms with Gasteiger partial charge in [-0.25, -0.2) is 0 Å². The van der Waals surface area contributed by atoms with E-state index in [9.17, 15) is 4.79 Å². The van der Waals surface area contributed by atoms with Crippen LogP contribution in [0.4, 0.5) is 0 Å². The lowest BCUT2D eigenvalue weighted by Crippen LogP contribution is -2.31. The second-order valence-electron chi connectivity index (χ2n) is 5.86. The number of likely N-dealkylation sites (N-methyl/N-ethyl adjacent to an activating group) is 1.